The summed E-state index contributed by atoms with van der Waals surface area (Å²) in [6.45, 7) is 14.9. The second-order valence-corrected chi connectivity index (χ2v) is 17.2. The fraction of sp³-hybridized carbons (Fsp3) is 0.170. The molecular weight excluding hydrogens is 637 g/mol. The molecule has 0 saturated carbocycles. The lowest BCUT2D eigenvalue weighted by Gasteiger charge is -2.53. The molecule has 0 fully saturated rings. The first-order chi connectivity index (χ1) is 25.6. The van der Waals surface area contributed by atoms with Crippen molar-refractivity contribution in [3.63, 3.8) is 0 Å². The molecule has 1 aliphatic carbocycles. The smallest absolute Gasteiger partial charge is 0.0318 e. The van der Waals surface area contributed by atoms with Gasteiger partial charge in [0.15, 0.2) is 0 Å². The maximum atomic E-state index is 2.65. The average Bonchev–Trinajstić information content (AvgIpc) is 3.51. The monoisotopic (exact) mass is 680 g/mol. The first kappa shape index (κ1) is 32.0. The Labute approximate surface area is 312 Å². The first-order valence-electron chi connectivity index (χ1n) is 19.1. The van der Waals surface area contributed by atoms with Crippen molar-refractivity contribution >= 4 is 53.9 Å². The van der Waals surface area contributed by atoms with Gasteiger partial charge in [0.25, 0.3) is 0 Å². The van der Waals surface area contributed by atoms with E-state index in [9.17, 15) is 0 Å². The van der Waals surface area contributed by atoms with Crippen molar-refractivity contribution in [1.82, 2.24) is 0 Å². The maximum absolute atomic E-state index is 2.65. The highest BCUT2D eigenvalue weighted by Gasteiger charge is 2.59. The SMILES string of the molecule is CC(C)(C)C1(C(C)(C)C)c2cc(-c3c4ccccc4c(-c4ccccc4)c4ccccc34)c3ccccc3c2-c2c1c1ccccc1c1ccccc21. The van der Waals surface area contributed by atoms with Gasteiger partial charge in [0, 0.05) is 5.41 Å². The highest BCUT2D eigenvalue weighted by atomic mass is 14.6. The van der Waals surface area contributed by atoms with Crippen molar-refractivity contribution in [1.29, 1.82) is 0 Å². The summed E-state index contributed by atoms with van der Waals surface area (Å²) in [5, 5.41) is 13.2. The van der Waals surface area contributed by atoms with E-state index in [1.54, 1.807) is 0 Å². The van der Waals surface area contributed by atoms with Gasteiger partial charge in [-0.15, -0.1) is 0 Å². The average molecular weight is 681 g/mol. The Morgan fingerprint density at radius 3 is 1.17 bits per heavy atom. The van der Waals surface area contributed by atoms with Gasteiger partial charge >= 0.3 is 0 Å². The Balaban J connectivity index is 1.46. The van der Waals surface area contributed by atoms with Gasteiger partial charge in [-0.05, 0) is 115 Å². The van der Waals surface area contributed by atoms with E-state index in [2.05, 4.69) is 199 Å². The normalized spacial score (nSPS) is 14.0. The van der Waals surface area contributed by atoms with Gasteiger partial charge in [-0.3, -0.25) is 0 Å². The molecule has 0 heteroatoms. The lowest BCUT2D eigenvalue weighted by molar-refractivity contribution is 0.0965. The van der Waals surface area contributed by atoms with Crippen molar-refractivity contribution in [2.24, 2.45) is 10.8 Å². The molecule has 256 valence electrons. The van der Waals surface area contributed by atoms with E-state index >= 15 is 0 Å². The van der Waals surface area contributed by atoms with E-state index in [0.29, 0.717) is 0 Å². The van der Waals surface area contributed by atoms with E-state index in [-0.39, 0.29) is 16.2 Å². The second-order valence-electron chi connectivity index (χ2n) is 17.2. The fourth-order valence-corrected chi connectivity index (χ4v) is 11.1. The summed E-state index contributed by atoms with van der Waals surface area (Å²) in [6.07, 6.45) is 0. The van der Waals surface area contributed by atoms with E-state index in [0.717, 1.165) is 0 Å². The van der Waals surface area contributed by atoms with Crippen LogP contribution in [-0.4, -0.2) is 0 Å². The Morgan fingerprint density at radius 2 is 0.679 bits per heavy atom. The van der Waals surface area contributed by atoms with Crippen LogP contribution in [0.1, 0.15) is 52.7 Å². The van der Waals surface area contributed by atoms with Gasteiger partial charge in [0.05, 0.1) is 0 Å². The van der Waals surface area contributed by atoms with Crippen LogP contribution in [0.25, 0.3) is 87.2 Å². The van der Waals surface area contributed by atoms with Crippen LogP contribution >= 0.6 is 0 Å². The molecule has 0 aromatic heterocycles. The van der Waals surface area contributed by atoms with Crippen LogP contribution in [0.15, 0.2) is 158 Å². The zero-order valence-electron chi connectivity index (χ0n) is 31.5. The van der Waals surface area contributed by atoms with Crippen molar-refractivity contribution < 1.29 is 0 Å². The van der Waals surface area contributed by atoms with Crippen molar-refractivity contribution in [3.05, 3.63) is 169 Å². The highest BCUT2D eigenvalue weighted by Crippen LogP contribution is 2.69. The summed E-state index contributed by atoms with van der Waals surface area (Å²) < 4.78 is 0. The molecule has 9 aromatic carbocycles. The van der Waals surface area contributed by atoms with Crippen LogP contribution in [0.5, 0.6) is 0 Å². The van der Waals surface area contributed by atoms with Gasteiger partial charge < -0.3 is 0 Å². The molecule has 0 bridgehead atoms. The Morgan fingerprint density at radius 1 is 0.321 bits per heavy atom. The number of hydrogen-bond donors (Lipinski definition) is 0. The molecular formula is C53H44. The quantitative estimate of drug-likeness (QED) is 0.126. The predicted molar refractivity (Wildman–Crippen MR) is 230 cm³/mol. The summed E-state index contributed by atoms with van der Waals surface area (Å²) in [4.78, 5) is 0. The van der Waals surface area contributed by atoms with E-state index in [4.69, 9.17) is 0 Å². The van der Waals surface area contributed by atoms with Crippen LogP contribution in [0.2, 0.25) is 0 Å². The molecule has 0 spiro atoms. The topological polar surface area (TPSA) is 0 Å². The van der Waals surface area contributed by atoms with E-state index < -0.39 is 0 Å². The zero-order valence-corrected chi connectivity index (χ0v) is 31.5. The molecule has 0 N–H and O–H groups in total. The molecule has 0 unspecified atom stereocenters. The maximum Gasteiger partial charge on any atom is 0.0318 e. The minimum absolute atomic E-state index is 0.127. The highest BCUT2D eigenvalue weighted by molar-refractivity contribution is 6.27. The largest absolute Gasteiger partial charge is 0.0622 e. The van der Waals surface area contributed by atoms with Gasteiger partial charge in [0.1, 0.15) is 0 Å². The fourth-order valence-electron chi connectivity index (χ4n) is 11.1. The second kappa shape index (κ2) is 11.1. The molecule has 0 nitrogen and oxygen atoms in total. The van der Waals surface area contributed by atoms with E-state index in [1.165, 1.54) is 98.4 Å². The van der Waals surface area contributed by atoms with Crippen LogP contribution in [0.4, 0.5) is 0 Å². The molecule has 10 rings (SSSR count). The summed E-state index contributed by atoms with van der Waals surface area (Å²) in [5.74, 6) is 0. The standard InChI is InChI=1S/C53H44/c1-51(2,3)53(52(4,5)6)45-32-44(47-41-29-17-15-27-39(41)46(33-20-8-7-9-21-33)40-28-16-18-30-42(40)47)36-24-11-13-25-37(36)48(45)49-38-26-14-10-22-34(38)35-23-12-19-31-43(35)50(49)53/h7-32H,1-6H3. The minimum Gasteiger partial charge on any atom is -0.0622 e. The molecule has 9 aromatic rings. The Kier molecular flexibility index (Phi) is 6.72. The summed E-state index contributed by atoms with van der Waals surface area (Å²) >= 11 is 0. The van der Waals surface area contributed by atoms with Crippen molar-refractivity contribution in [2.75, 3.05) is 0 Å². The number of rotatable bonds is 2. The van der Waals surface area contributed by atoms with Crippen molar-refractivity contribution in [3.8, 4) is 33.4 Å². The molecule has 53 heavy (non-hydrogen) atoms. The molecule has 0 radical (unpaired) electrons. The lowest BCUT2D eigenvalue weighted by atomic mass is 9.49. The zero-order chi connectivity index (χ0) is 36.3. The van der Waals surface area contributed by atoms with Crippen LogP contribution in [-0.2, 0) is 5.41 Å². The third-order valence-electron chi connectivity index (χ3n) is 12.5. The van der Waals surface area contributed by atoms with Crippen LogP contribution in [0, 0.1) is 10.8 Å². The van der Waals surface area contributed by atoms with Gasteiger partial charge in [0.2, 0.25) is 0 Å². The number of fused-ring (bicyclic) bond motifs is 12. The van der Waals surface area contributed by atoms with Crippen LogP contribution in [0.3, 0.4) is 0 Å². The first-order valence-corrected chi connectivity index (χ1v) is 19.1. The Bertz CT molecular complexity index is 2870. The Hall–Kier alpha value is -5.72. The van der Waals surface area contributed by atoms with Crippen molar-refractivity contribution in [2.45, 2.75) is 47.0 Å². The molecule has 0 atom stereocenters. The minimum atomic E-state index is -0.317. The number of benzene rings is 9. The third-order valence-corrected chi connectivity index (χ3v) is 12.5. The summed E-state index contributed by atoms with van der Waals surface area (Å²) in [6, 6.07) is 59.3. The predicted octanol–water partition coefficient (Wildman–Crippen LogP) is 15.1. The van der Waals surface area contributed by atoms with E-state index in [1.807, 2.05) is 0 Å². The molecule has 0 saturated heterocycles. The molecule has 1 aliphatic rings. The summed E-state index contributed by atoms with van der Waals surface area (Å²) in [7, 11) is 0. The van der Waals surface area contributed by atoms with Gasteiger partial charge in [-0.2, -0.15) is 0 Å². The molecule has 0 heterocycles. The van der Waals surface area contributed by atoms with Crippen LogP contribution < -0.4 is 0 Å². The number of hydrogen-bond acceptors (Lipinski definition) is 0. The molecule has 0 aliphatic heterocycles. The molecule has 0 amide bonds. The van der Waals surface area contributed by atoms with Gasteiger partial charge in [-0.25, -0.2) is 0 Å². The lowest BCUT2D eigenvalue weighted by Crippen LogP contribution is -2.50. The van der Waals surface area contributed by atoms with Gasteiger partial charge in [-0.1, -0.05) is 193 Å². The third kappa shape index (κ3) is 4.18. The summed E-state index contributed by atoms with van der Waals surface area (Å²) in [5.41, 5.74) is 10.4.